The third-order valence-electron chi connectivity index (χ3n) is 2.10. The minimum absolute atomic E-state index is 0.0222. The highest BCUT2D eigenvalue weighted by molar-refractivity contribution is 5.85. The molecule has 3 heteroatoms. The van der Waals surface area contributed by atoms with Crippen LogP contribution in [0.25, 0.3) is 0 Å². The fraction of sp³-hybridized carbons (Fsp3) is 0.727. The van der Waals surface area contributed by atoms with Gasteiger partial charge in [0, 0.05) is 12.2 Å². The van der Waals surface area contributed by atoms with Crippen LogP contribution in [0, 0.1) is 5.41 Å². The van der Waals surface area contributed by atoms with Gasteiger partial charge in [0.05, 0.1) is 6.61 Å². The average molecular weight is 200 g/mol. The maximum Gasteiger partial charge on any atom is 0.330 e. The van der Waals surface area contributed by atoms with Crippen LogP contribution >= 0.6 is 0 Å². The molecule has 0 aromatic carbocycles. The van der Waals surface area contributed by atoms with Gasteiger partial charge >= 0.3 is 5.97 Å². The number of aliphatic carboxylic acids is 1. The zero-order valence-corrected chi connectivity index (χ0v) is 9.30. The molecule has 0 heterocycles. The smallest absolute Gasteiger partial charge is 0.330 e. The van der Waals surface area contributed by atoms with Crippen LogP contribution in [0.5, 0.6) is 0 Å². The van der Waals surface area contributed by atoms with Gasteiger partial charge < -0.3 is 9.84 Å². The SMILES string of the molecule is C=C(CCC(C)(C)COCC)C(=O)O. The molecule has 3 nitrogen and oxygen atoms in total. The minimum Gasteiger partial charge on any atom is -0.478 e. The molecule has 0 saturated heterocycles. The second kappa shape index (κ2) is 5.81. The Morgan fingerprint density at radius 3 is 2.50 bits per heavy atom. The molecule has 0 radical (unpaired) electrons. The molecule has 14 heavy (non-hydrogen) atoms. The van der Waals surface area contributed by atoms with Crippen LogP contribution in [0.2, 0.25) is 0 Å². The molecular formula is C11H20O3. The maximum absolute atomic E-state index is 10.5. The van der Waals surface area contributed by atoms with Gasteiger partial charge in [-0.15, -0.1) is 0 Å². The summed E-state index contributed by atoms with van der Waals surface area (Å²) in [5.74, 6) is -0.905. The Morgan fingerprint density at radius 1 is 1.50 bits per heavy atom. The number of ether oxygens (including phenoxy) is 1. The lowest BCUT2D eigenvalue weighted by atomic mass is 9.87. The zero-order chi connectivity index (χ0) is 11.2. The molecule has 0 aromatic rings. The van der Waals surface area contributed by atoms with Crippen LogP contribution in [0.1, 0.15) is 33.6 Å². The minimum atomic E-state index is -0.905. The molecular weight excluding hydrogens is 180 g/mol. The van der Waals surface area contributed by atoms with Crippen molar-refractivity contribution in [3.05, 3.63) is 12.2 Å². The van der Waals surface area contributed by atoms with E-state index in [1.54, 1.807) is 0 Å². The van der Waals surface area contributed by atoms with Crippen molar-refractivity contribution in [2.24, 2.45) is 5.41 Å². The lowest BCUT2D eigenvalue weighted by molar-refractivity contribution is -0.132. The molecule has 1 N–H and O–H groups in total. The van der Waals surface area contributed by atoms with Gasteiger partial charge in [-0.2, -0.15) is 0 Å². The van der Waals surface area contributed by atoms with Gasteiger partial charge in [0.25, 0.3) is 0 Å². The zero-order valence-electron chi connectivity index (χ0n) is 9.30. The number of carbonyl (C=O) groups is 1. The first-order valence-electron chi connectivity index (χ1n) is 4.88. The third-order valence-corrected chi connectivity index (χ3v) is 2.10. The molecule has 0 atom stereocenters. The predicted octanol–water partition coefficient (Wildman–Crippen LogP) is 2.47. The van der Waals surface area contributed by atoms with Gasteiger partial charge in [0.2, 0.25) is 0 Å². The quantitative estimate of drug-likeness (QED) is 0.642. The second-order valence-corrected chi connectivity index (χ2v) is 4.21. The summed E-state index contributed by atoms with van der Waals surface area (Å²) < 4.78 is 5.31. The molecule has 0 unspecified atom stereocenters. The van der Waals surface area contributed by atoms with E-state index in [9.17, 15) is 4.79 Å². The molecule has 0 aliphatic carbocycles. The van der Waals surface area contributed by atoms with Crippen LogP contribution in [0.4, 0.5) is 0 Å². The molecule has 0 bridgehead atoms. The van der Waals surface area contributed by atoms with E-state index in [0.29, 0.717) is 19.6 Å². The number of hydrogen-bond acceptors (Lipinski definition) is 2. The fourth-order valence-corrected chi connectivity index (χ4v) is 1.05. The Hall–Kier alpha value is -0.830. The summed E-state index contributed by atoms with van der Waals surface area (Å²) in [6.45, 7) is 10.9. The lowest BCUT2D eigenvalue weighted by Crippen LogP contribution is -2.20. The van der Waals surface area contributed by atoms with E-state index >= 15 is 0 Å². The summed E-state index contributed by atoms with van der Waals surface area (Å²) in [6, 6.07) is 0. The molecule has 0 saturated carbocycles. The van der Waals surface area contributed by atoms with E-state index in [2.05, 4.69) is 20.4 Å². The summed E-state index contributed by atoms with van der Waals surface area (Å²) in [4.78, 5) is 10.5. The van der Waals surface area contributed by atoms with Crippen molar-refractivity contribution in [3.8, 4) is 0 Å². The highest BCUT2D eigenvalue weighted by Gasteiger charge is 2.19. The average Bonchev–Trinajstić information content (AvgIpc) is 2.11. The van der Waals surface area contributed by atoms with Gasteiger partial charge in [-0.3, -0.25) is 0 Å². The number of rotatable bonds is 7. The van der Waals surface area contributed by atoms with E-state index in [-0.39, 0.29) is 11.0 Å². The van der Waals surface area contributed by atoms with Crippen LogP contribution in [-0.4, -0.2) is 24.3 Å². The number of hydrogen-bond donors (Lipinski definition) is 1. The van der Waals surface area contributed by atoms with Crippen molar-refractivity contribution in [1.29, 1.82) is 0 Å². The first kappa shape index (κ1) is 13.2. The third kappa shape index (κ3) is 5.75. The van der Waals surface area contributed by atoms with Gasteiger partial charge in [0.1, 0.15) is 0 Å². The molecule has 0 spiro atoms. The van der Waals surface area contributed by atoms with Crippen molar-refractivity contribution in [2.45, 2.75) is 33.6 Å². The van der Waals surface area contributed by atoms with Crippen molar-refractivity contribution >= 4 is 5.97 Å². The maximum atomic E-state index is 10.5. The Labute approximate surface area is 85.8 Å². The normalized spacial score (nSPS) is 11.4. The molecule has 0 aromatic heterocycles. The van der Waals surface area contributed by atoms with E-state index in [4.69, 9.17) is 9.84 Å². The van der Waals surface area contributed by atoms with E-state index in [1.165, 1.54) is 0 Å². The van der Waals surface area contributed by atoms with Crippen LogP contribution < -0.4 is 0 Å². The van der Waals surface area contributed by atoms with Crippen molar-refractivity contribution in [3.63, 3.8) is 0 Å². The van der Waals surface area contributed by atoms with Crippen LogP contribution in [0.3, 0.4) is 0 Å². The summed E-state index contributed by atoms with van der Waals surface area (Å²) in [5.41, 5.74) is 0.295. The Balaban J connectivity index is 3.86. The fourth-order valence-electron chi connectivity index (χ4n) is 1.05. The van der Waals surface area contributed by atoms with E-state index < -0.39 is 5.97 Å². The summed E-state index contributed by atoms with van der Waals surface area (Å²) in [5, 5.41) is 8.62. The summed E-state index contributed by atoms with van der Waals surface area (Å²) >= 11 is 0. The van der Waals surface area contributed by atoms with Crippen molar-refractivity contribution in [1.82, 2.24) is 0 Å². The van der Waals surface area contributed by atoms with E-state index in [1.807, 2.05) is 6.92 Å². The summed E-state index contributed by atoms with van der Waals surface area (Å²) in [6.07, 6.45) is 1.31. The largest absolute Gasteiger partial charge is 0.478 e. The highest BCUT2D eigenvalue weighted by atomic mass is 16.5. The molecule has 0 aliphatic heterocycles. The van der Waals surface area contributed by atoms with Gasteiger partial charge in [0.15, 0.2) is 0 Å². The Bertz CT molecular complexity index is 207. The van der Waals surface area contributed by atoms with Crippen molar-refractivity contribution in [2.75, 3.05) is 13.2 Å². The Kier molecular flexibility index (Phi) is 5.46. The van der Waals surface area contributed by atoms with E-state index in [0.717, 1.165) is 6.42 Å². The molecule has 0 aliphatic rings. The first-order valence-corrected chi connectivity index (χ1v) is 4.88. The van der Waals surface area contributed by atoms with Gasteiger partial charge in [-0.25, -0.2) is 4.79 Å². The lowest BCUT2D eigenvalue weighted by Gasteiger charge is -2.23. The standard InChI is InChI=1S/C11H20O3/c1-5-14-8-11(3,4)7-6-9(2)10(12)13/h2,5-8H2,1,3-4H3,(H,12,13). The molecule has 0 amide bonds. The van der Waals surface area contributed by atoms with Crippen molar-refractivity contribution < 1.29 is 14.6 Å². The predicted molar refractivity (Wildman–Crippen MR) is 56.3 cm³/mol. The monoisotopic (exact) mass is 200 g/mol. The molecule has 0 rings (SSSR count). The first-order chi connectivity index (χ1) is 6.39. The topological polar surface area (TPSA) is 46.5 Å². The summed E-state index contributed by atoms with van der Waals surface area (Å²) in [7, 11) is 0. The molecule has 82 valence electrons. The van der Waals surface area contributed by atoms with Crippen LogP contribution in [0.15, 0.2) is 12.2 Å². The number of carboxylic acid groups (broad SMARTS) is 1. The highest BCUT2D eigenvalue weighted by Crippen LogP contribution is 2.24. The number of carboxylic acids is 1. The van der Waals surface area contributed by atoms with Gasteiger partial charge in [-0.05, 0) is 25.2 Å². The molecule has 0 fully saturated rings. The van der Waals surface area contributed by atoms with Gasteiger partial charge in [-0.1, -0.05) is 20.4 Å². The second-order valence-electron chi connectivity index (χ2n) is 4.21. The van der Waals surface area contributed by atoms with Crippen LogP contribution in [-0.2, 0) is 9.53 Å². The Morgan fingerprint density at radius 2 is 2.07 bits per heavy atom.